The van der Waals surface area contributed by atoms with E-state index in [2.05, 4.69) is 57.7 Å². The number of hydrogen-bond donors (Lipinski definition) is 2. The van der Waals surface area contributed by atoms with Crippen LogP contribution in [0.25, 0.3) is 5.82 Å². The van der Waals surface area contributed by atoms with Crippen LogP contribution in [0, 0.1) is 20.8 Å². The molecule has 4 heterocycles. The van der Waals surface area contributed by atoms with Crippen LogP contribution in [-0.4, -0.2) is 24.8 Å². The highest BCUT2D eigenvalue weighted by molar-refractivity contribution is 7.80. The molecule has 0 aliphatic carbocycles. The second kappa shape index (κ2) is 8.33. The summed E-state index contributed by atoms with van der Waals surface area (Å²) in [6.45, 7) is 6.31. The van der Waals surface area contributed by atoms with Crippen LogP contribution in [0.2, 0.25) is 0 Å². The van der Waals surface area contributed by atoms with Crippen molar-refractivity contribution in [2.45, 2.75) is 32.9 Å². The summed E-state index contributed by atoms with van der Waals surface area (Å²) in [5.41, 5.74) is 6.30. The summed E-state index contributed by atoms with van der Waals surface area (Å²) in [7, 11) is 0. The zero-order valence-electron chi connectivity index (χ0n) is 18.7. The normalized spacial score (nSPS) is 17.9. The average molecular weight is 456 g/mol. The smallest absolute Gasteiger partial charge is 0.174 e. The van der Waals surface area contributed by atoms with Crippen molar-refractivity contribution in [2.24, 2.45) is 0 Å². The van der Waals surface area contributed by atoms with Crippen molar-refractivity contribution >= 4 is 23.0 Å². The van der Waals surface area contributed by atoms with Crippen molar-refractivity contribution in [1.29, 1.82) is 0 Å². The Morgan fingerprint density at radius 2 is 1.70 bits per heavy atom. The number of phenols is 1. The Morgan fingerprint density at radius 3 is 2.39 bits per heavy atom. The van der Waals surface area contributed by atoms with Crippen LogP contribution in [0.15, 0.2) is 73.1 Å². The number of pyridine rings is 2. The third-order valence-electron chi connectivity index (χ3n) is 6.21. The number of thiocarbonyl (C=S) groups is 1. The molecule has 1 aliphatic heterocycles. The summed E-state index contributed by atoms with van der Waals surface area (Å²) in [5.74, 6) is 1.15. The van der Waals surface area contributed by atoms with E-state index in [0.717, 1.165) is 39.7 Å². The van der Waals surface area contributed by atoms with Crippen LogP contribution in [0.1, 0.15) is 40.3 Å². The van der Waals surface area contributed by atoms with E-state index in [-0.39, 0.29) is 17.8 Å². The minimum absolute atomic E-state index is 0.124. The van der Waals surface area contributed by atoms with Crippen molar-refractivity contribution in [3.8, 4) is 11.6 Å². The molecule has 166 valence electrons. The van der Waals surface area contributed by atoms with Gasteiger partial charge < -0.3 is 19.9 Å². The first kappa shape index (κ1) is 21.2. The van der Waals surface area contributed by atoms with Gasteiger partial charge in [0.05, 0.1) is 17.8 Å². The number of aromatic hydroxyl groups is 1. The van der Waals surface area contributed by atoms with Gasteiger partial charge in [-0.25, -0.2) is 4.98 Å². The molecular weight excluding hydrogens is 430 g/mol. The maximum Gasteiger partial charge on any atom is 0.174 e. The lowest BCUT2D eigenvalue weighted by atomic mass is 9.96. The molecule has 0 radical (unpaired) electrons. The van der Waals surface area contributed by atoms with Crippen molar-refractivity contribution in [3.63, 3.8) is 0 Å². The highest BCUT2D eigenvalue weighted by Crippen LogP contribution is 2.43. The number of phenolic OH excluding ortho intramolecular Hbond substituents is 1. The van der Waals surface area contributed by atoms with Gasteiger partial charge in [-0.2, -0.15) is 0 Å². The summed E-state index contributed by atoms with van der Waals surface area (Å²) in [6.07, 6.45) is 3.63. The lowest BCUT2D eigenvalue weighted by molar-refractivity contribution is 0.475. The lowest BCUT2D eigenvalue weighted by Crippen LogP contribution is -2.29. The van der Waals surface area contributed by atoms with E-state index >= 15 is 0 Å². The van der Waals surface area contributed by atoms with E-state index < -0.39 is 0 Å². The van der Waals surface area contributed by atoms with E-state index in [1.807, 2.05) is 42.6 Å². The number of nitrogens with zero attached hydrogens (tertiary/aromatic N) is 4. The molecule has 2 N–H and O–H groups in total. The number of aromatic nitrogens is 3. The maximum atomic E-state index is 9.83. The van der Waals surface area contributed by atoms with Gasteiger partial charge in [0.15, 0.2) is 5.11 Å². The third kappa shape index (κ3) is 3.64. The average Bonchev–Trinajstić information content (AvgIpc) is 3.31. The summed E-state index contributed by atoms with van der Waals surface area (Å²) in [4.78, 5) is 11.4. The summed E-state index contributed by atoms with van der Waals surface area (Å²) >= 11 is 5.81. The molecule has 7 heteroatoms. The molecule has 1 saturated heterocycles. The number of rotatable bonds is 4. The first-order chi connectivity index (χ1) is 16.0. The van der Waals surface area contributed by atoms with Gasteiger partial charge in [-0.15, -0.1) is 0 Å². The highest BCUT2D eigenvalue weighted by atomic mass is 32.1. The standard InChI is InChI=1S/C26H25N5OS/c1-16-7-6-14-28-25(16)30-17(2)15-21(18(30)3)24-23(22-8-4-5-13-27-22)29-26(33)31(24)19-9-11-20(32)12-10-19/h4-15,23-24,32H,1-3H3,(H,29,33)/t23-,24+/m0/s1. The molecule has 5 rings (SSSR count). The Hall–Kier alpha value is -3.71. The molecule has 0 bridgehead atoms. The minimum Gasteiger partial charge on any atom is -0.508 e. The van der Waals surface area contributed by atoms with E-state index in [4.69, 9.17) is 12.2 Å². The van der Waals surface area contributed by atoms with E-state index in [1.165, 1.54) is 0 Å². The van der Waals surface area contributed by atoms with Gasteiger partial charge in [0.1, 0.15) is 11.6 Å². The fourth-order valence-electron chi connectivity index (χ4n) is 4.69. The molecule has 0 amide bonds. The largest absolute Gasteiger partial charge is 0.508 e. The maximum absolute atomic E-state index is 9.83. The van der Waals surface area contributed by atoms with Gasteiger partial charge in [0.25, 0.3) is 0 Å². The van der Waals surface area contributed by atoms with Gasteiger partial charge in [-0.1, -0.05) is 12.1 Å². The predicted octanol–water partition coefficient (Wildman–Crippen LogP) is 5.08. The van der Waals surface area contributed by atoms with Crippen molar-refractivity contribution < 1.29 is 5.11 Å². The molecule has 1 fully saturated rings. The Bertz CT molecular complexity index is 1320. The predicted molar refractivity (Wildman–Crippen MR) is 134 cm³/mol. The number of hydrogen-bond acceptors (Lipinski definition) is 4. The monoisotopic (exact) mass is 455 g/mol. The first-order valence-corrected chi connectivity index (χ1v) is 11.3. The highest BCUT2D eigenvalue weighted by Gasteiger charge is 2.42. The Kier molecular flexibility index (Phi) is 5.34. The molecule has 6 nitrogen and oxygen atoms in total. The Balaban J connectivity index is 1.69. The second-order valence-electron chi connectivity index (χ2n) is 8.32. The minimum atomic E-state index is -0.133. The van der Waals surface area contributed by atoms with Crippen molar-refractivity contribution in [1.82, 2.24) is 19.9 Å². The van der Waals surface area contributed by atoms with Gasteiger partial charge in [-0.05, 0) is 92.6 Å². The Labute approximate surface area is 198 Å². The summed E-state index contributed by atoms with van der Waals surface area (Å²) in [5, 5.41) is 13.9. The molecule has 33 heavy (non-hydrogen) atoms. The number of anilines is 1. The molecule has 2 atom stereocenters. The van der Waals surface area contributed by atoms with E-state index in [9.17, 15) is 5.11 Å². The molecular formula is C26H25N5OS. The van der Waals surface area contributed by atoms with Crippen LogP contribution >= 0.6 is 12.2 Å². The first-order valence-electron chi connectivity index (χ1n) is 10.9. The quantitative estimate of drug-likeness (QED) is 0.419. The molecule has 0 spiro atoms. The fourth-order valence-corrected chi connectivity index (χ4v) is 5.03. The molecule has 4 aromatic rings. The van der Waals surface area contributed by atoms with Gasteiger partial charge in [0, 0.05) is 29.5 Å². The van der Waals surface area contributed by atoms with Gasteiger partial charge in [0.2, 0.25) is 0 Å². The van der Waals surface area contributed by atoms with Crippen LogP contribution in [0.3, 0.4) is 0 Å². The van der Waals surface area contributed by atoms with Crippen LogP contribution in [0.5, 0.6) is 5.75 Å². The molecule has 1 aliphatic rings. The topological polar surface area (TPSA) is 66.2 Å². The van der Waals surface area contributed by atoms with Gasteiger partial charge >= 0.3 is 0 Å². The van der Waals surface area contributed by atoms with E-state index in [0.29, 0.717) is 5.11 Å². The molecule has 0 saturated carbocycles. The second-order valence-corrected chi connectivity index (χ2v) is 8.71. The van der Waals surface area contributed by atoms with E-state index in [1.54, 1.807) is 18.3 Å². The molecule has 1 aromatic carbocycles. The van der Waals surface area contributed by atoms with Crippen molar-refractivity contribution in [2.75, 3.05) is 4.90 Å². The van der Waals surface area contributed by atoms with Crippen LogP contribution in [-0.2, 0) is 0 Å². The third-order valence-corrected chi connectivity index (χ3v) is 6.52. The lowest BCUT2D eigenvalue weighted by Gasteiger charge is -2.28. The SMILES string of the molecule is Cc1cccnc1-n1c(C)cc([C@@H]2[C@H](c3ccccn3)NC(=S)N2c2ccc(O)cc2)c1C. The van der Waals surface area contributed by atoms with Crippen LogP contribution < -0.4 is 10.2 Å². The number of aryl methyl sites for hydroxylation is 2. The Morgan fingerprint density at radius 1 is 0.939 bits per heavy atom. The van der Waals surface area contributed by atoms with Gasteiger partial charge in [-0.3, -0.25) is 4.98 Å². The number of nitrogens with one attached hydrogen (secondary N) is 1. The zero-order valence-corrected chi connectivity index (χ0v) is 19.5. The molecule has 3 aromatic heterocycles. The van der Waals surface area contributed by atoms with Crippen molar-refractivity contribution in [3.05, 3.63) is 101 Å². The molecule has 0 unspecified atom stereocenters. The summed E-state index contributed by atoms with van der Waals surface area (Å²) in [6, 6.07) is 19.1. The van der Waals surface area contributed by atoms with Crippen LogP contribution in [0.4, 0.5) is 5.69 Å². The number of benzene rings is 1. The zero-order chi connectivity index (χ0) is 23.1. The fraction of sp³-hybridized carbons (Fsp3) is 0.192. The summed E-state index contributed by atoms with van der Waals surface area (Å²) < 4.78 is 2.20.